The Morgan fingerprint density at radius 1 is 1.03 bits per heavy atom. The Morgan fingerprint density at radius 3 is 2.45 bits per heavy atom. The third kappa shape index (κ3) is 8.31. The van der Waals surface area contributed by atoms with Gasteiger partial charge in [-0.1, -0.05) is 36.4 Å². The minimum atomic E-state index is 0. The van der Waals surface area contributed by atoms with Gasteiger partial charge in [-0.15, -0.1) is 24.0 Å². The SMILES string of the molecule is CN=C(NCc1ccccc1Oc1ccccc1)N1CCC(OCCCOC)CC1.I. The van der Waals surface area contributed by atoms with Gasteiger partial charge in [-0.2, -0.15) is 0 Å². The zero-order valence-electron chi connectivity index (χ0n) is 18.5. The lowest BCUT2D eigenvalue weighted by molar-refractivity contribution is 0.00989. The Labute approximate surface area is 203 Å². The molecular formula is C24H34IN3O3. The van der Waals surface area contributed by atoms with Crippen molar-refractivity contribution in [3.05, 3.63) is 60.2 Å². The van der Waals surface area contributed by atoms with Crippen LogP contribution in [0.25, 0.3) is 0 Å². The number of nitrogens with one attached hydrogen (secondary N) is 1. The van der Waals surface area contributed by atoms with Crippen LogP contribution in [-0.2, 0) is 16.0 Å². The molecule has 0 atom stereocenters. The molecule has 1 aliphatic heterocycles. The van der Waals surface area contributed by atoms with E-state index in [1.165, 1.54) is 0 Å². The molecule has 0 spiro atoms. The van der Waals surface area contributed by atoms with Gasteiger partial charge in [0, 0.05) is 52.6 Å². The number of hydrogen-bond acceptors (Lipinski definition) is 4. The van der Waals surface area contributed by atoms with Crippen molar-refractivity contribution in [3.63, 3.8) is 0 Å². The number of likely N-dealkylation sites (tertiary alicyclic amines) is 1. The van der Waals surface area contributed by atoms with Crippen LogP contribution in [0.1, 0.15) is 24.8 Å². The first kappa shape index (κ1) is 25.4. The number of aliphatic imine (C=N–C) groups is 1. The lowest BCUT2D eigenvalue weighted by Gasteiger charge is -2.34. The fourth-order valence-corrected chi connectivity index (χ4v) is 3.56. The number of guanidine groups is 1. The van der Waals surface area contributed by atoms with Crippen LogP contribution < -0.4 is 10.1 Å². The second kappa shape index (κ2) is 14.3. The predicted octanol–water partition coefficient (Wildman–Crippen LogP) is 4.69. The van der Waals surface area contributed by atoms with E-state index < -0.39 is 0 Å². The highest BCUT2D eigenvalue weighted by Gasteiger charge is 2.22. The second-order valence-electron chi connectivity index (χ2n) is 7.33. The molecule has 3 rings (SSSR count). The quantitative estimate of drug-likeness (QED) is 0.217. The van der Waals surface area contributed by atoms with E-state index in [-0.39, 0.29) is 24.0 Å². The van der Waals surface area contributed by atoms with Gasteiger partial charge in [-0.25, -0.2) is 0 Å². The molecule has 1 fully saturated rings. The van der Waals surface area contributed by atoms with Crippen LogP contribution in [0.5, 0.6) is 11.5 Å². The molecule has 0 unspecified atom stereocenters. The van der Waals surface area contributed by atoms with Crippen molar-refractivity contribution in [2.45, 2.75) is 31.9 Å². The molecule has 0 saturated carbocycles. The maximum Gasteiger partial charge on any atom is 0.193 e. The summed E-state index contributed by atoms with van der Waals surface area (Å²) in [7, 11) is 3.56. The lowest BCUT2D eigenvalue weighted by Crippen LogP contribution is -2.46. The Balaban J connectivity index is 0.00000341. The summed E-state index contributed by atoms with van der Waals surface area (Å²) in [5.74, 6) is 2.61. The molecule has 31 heavy (non-hydrogen) atoms. The molecule has 0 amide bonds. The summed E-state index contributed by atoms with van der Waals surface area (Å²) < 4.78 is 17.1. The van der Waals surface area contributed by atoms with Crippen molar-refractivity contribution in [1.29, 1.82) is 0 Å². The number of piperidine rings is 1. The molecule has 2 aromatic rings. The molecule has 7 heteroatoms. The van der Waals surface area contributed by atoms with Crippen LogP contribution in [0, 0.1) is 0 Å². The number of hydrogen-bond donors (Lipinski definition) is 1. The van der Waals surface area contributed by atoms with Gasteiger partial charge in [0.1, 0.15) is 11.5 Å². The first-order chi connectivity index (χ1) is 14.8. The smallest absolute Gasteiger partial charge is 0.193 e. The minimum Gasteiger partial charge on any atom is -0.457 e. The largest absolute Gasteiger partial charge is 0.457 e. The topological polar surface area (TPSA) is 55.3 Å². The number of nitrogens with zero attached hydrogens (tertiary/aromatic N) is 2. The summed E-state index contributed by atoms with van der Waals surface area (Å²) >= 11 is 0. The molecule has 170 valence electrons. The molecule has 1 N–H and O–H groups in total. The van der Waals surface area contributed by atoms with Gasteiger partial charge < -0.3 is 24.4 Å². The Hall–Kier alpha value is -1.84. The highest BCUT2D eigenvalue weighted by molar-refractivity contribution is 14.0. The number of halogens is 1. The van der Waals surface area contributed by atoms with Gasteiger partial charge in [0.15, 0.2) is 5.96 Å². The van der Waals surface area contributed by atoms with E-state index in [1.807, 2.05) is 55.6 Å². The van der Waals surface area contributed by atoms with E-state index in [0.717, 1.165) is 68.6 Å². The highest BCUT2D eigenvalue weighted by atomic mass is 127. The van der Waals surface area contributed by atoms with Crippen LogP contribution in [0.4, 0.5) is 0 Å². The van der Waals surface area contributed by atoms with Gasteiger partial charge in [-0.3, -0.25) is 4.99 Å². The van der Waals surface area contributed by atoms with Crippen molar-refractivity contribution < 1.29 is 14.2 Å². The number of para-hydroxylation sites is 2. The predicted molar refractivity (Wildman–Crippen MR) is 136 cm³/mol. The fourth-order valence-electron chi connectivity index (χ4n) is 3.56. The maximum atomic E-state index is 6.07. The molecule has 1 saturated heterocycles. The second-order valence-corrected chi connectivity index (χ2v) is 7.33. The summed E-state index contributed by atoms with van der Waals surface area (Å²) in [6.07, 6.45) is 3.31. The maximum absolute atomic E-state index is 6.07. The van der Waals surface area contributed by atoms with Crippen molar-refractivity contribution >= 4 is 29.9 Å². The Morgan fingerprint density at radius 2 is 1.74 bits per heavy atom. The van der Waals surface area contributed by atoms with Gasteiger partial charge >= 0.3 is 0 Å². The van der Waals surface area contributed by atoms with Crippen LogP contribution in [0.15, 0.2) is 59.6 Å². The molecule has 0 bridgehead atoms. The summed E-state index contributed by atoms with van der Waals surface area (Å²) in [5, 5.41) is 3.49. The fraction of sp³-hybridized carbons (Fsp3) is 0.458. The van der Waals surface area contributed by atoms with Crippen molar-refractivity contribution in [3.8, 4) is 11.5 Å². The zero-order chi connectivity index (χ0) is 21.0. The van der Waals surface area contributed by atoms with Gasteiger partial charge in [-0.05, 0) is 37.5 Å². The molecule has 1 heterocycles. The molecule has 2 aromatic carbocycles. The highest BCUT2D eigenvalue weighted by Crippen LogP contribution is 2.25. The summed E-state index contributed by atoms with van der Waals surface area (Å²) in [4.78, 5) is 6.79. The van der Waals surface area contributed by atoms with E-state index in [0.29, 0.717) is 12.6 Å². The summed E-state index contributed by atoms with van der Waals surface area (Å²) in [6, 6.07) is 18.0. The van der Waals surface area contributed by atoms with Gasteiger partial charge in [0.25, 0.3) is 0 Å². The van der Waals surface area contributed by atoms with E-state index in [9.17, 15) is 0 Å². The van der Waals surface area contributed by atoms with E-state index in [4.69, 9.17) is 14.2 Å². The third-order valence-electron chi connectivity index (χ3n) is 5.18. The summed E-state index contributed by atoms with van der Waals surface area (Å²) in [5.41, 5.74) is 1.10. The molecule has 1 aliphatic rings. The molecule has 0 aromatic heterocycles. The number of methoxy groups -OCH3 is 1. The number of ether oxygens (including phenoxy) is 3. The average molecular weight is 539 g/mol. The zero-order valence-corrected chi connectivity index (χ0v) is 20.8. The van der Waals surface area contributed by atoms with E-state index in [1.54, 1.807) is 7.11 Å². The van der Waals surface area contributed by atoms with E-state index >= 15 is 0 Å². The third-order valence-corrected chi connectivity index (χ3v) is 5.18. The van der Waals surface area contributed by atoms with Crippen LogP contribution in [-0.4, -0.2) is 57.4 Å². The Kier molecular flexibility index (Phi) is 11.7. The van der Waals surface area contributed by atoms with Crippen LogP contribution in [0.2, 0.25) is 0 Å². The monoisotopic (exact) mass is 539 g/mol. The summed E-state index contributed by atoms with van der Waals surface area (Å²) in [6.45, 7) is 4.06. The molecule has 0 aliphatic carbocycles. The van der Waals surface area contributed by atoms with Gasteiger partial charge in [0.05, 0.1) is 6.10 Å². The van der Waals surface area contributed by atoms with Crippen LogP contribution >= 0.6 is 24.0 Å². The average Bonchev–Trinajstić information content (AvgIpc) is 2.80. The first-order valence-electron chi connectivity index (χ1n) is 10.7. The standard InChI is InChI=1S/C24H33N3O3.HI/c1-25-24(27-15-13-21(14-16-27)29-18-8-17-28-2)26-19-20-9-6-7-12-23(20)30-22-10-4-3-5-11-22;/h3-7,9-12,21H,8,13-19H2,1-2H3,(H,25,26);1H. The number of benzene rings is 2. The normalized spacial score (nSPS) is 14.8. The molecular weight excluding hydrogens is 505 g/mol. The van der Waals surface area contributed by atoms with Gasteiger partial charge in [0.2, 0.25) is 0 Å². The van der Waals surface area contributed by atoms with Crippen molar-refractivity contribution in [2.75, 3.05) is 40.5 Å². The lowest BCUT2D eigenvalue weighted by atomic mass is 10.1. The van der Waals surface area contributed by atoms with Crippen molar-refractivity contribution in [1.82, 2.24) is 10.2 Å². The van der Waals surface area contributed by atoms with E-state index in [2.05, 4.69) is 21.3 Å². The first-order valence-corrected chi connectivity index (χ1v) is 10.7. The molecule has 0 radical (unpaired) electrons. The number of rotatable bonds is 9. The van der Waals surface area contributed by atoms with Crippen molar-refractivity contribution in [2.24, 2.45) is 4.99 Å². The minimum absolute atomic E-state index is 0. The van der Waals surface area contributed by atoms with Crippen LogP contribution in [0.3, 0.4) is 0 Å². The Bertz CT molecular complexity index is 781. The molecule has 6 nitrogen and oxygen atoms in total.